The molecule has 1 saturated carbocycles. The van der Waals surface area contributed by atoms with Gasteiger partial charge in [-0.2, -0.15) is 5.10 Å². The van der Waals surface area contributed by atoms with Gasteiger partial charge in [0.15, 0.2) is 0 Å². The molecule has 0 atom stereocenters. The van der Waals surface area contributed by atoms with Crippen LogP contribution in [0.2, 0.25) is 0 Å². The molecule has 2 heterocycles. The highest BCUT2D eigenvalue weighted by molar-refractivity contribution is 5.59. The van der Waals surface area contributed by atoms with Crippen molar-refractivity contribution in [3.05, 3.63) is 36.0 Å². The maximum atomic E-state index is 5.41. The van der Waals surface area contributed by atoms with Crippen LogP contribution in [0.15, 0.2) is 30.5 Å². The van der Waals surface area contributed by atoms with Crippen LogP contribution in [0.3, 0.4) is 0 Å². The van der Waals surface area contributed by atoms with Gasteiger partial charge in [-0.3, -0.25) is 4.90 Å². The summed E-state index contributed by atoms with van der Waals surface area (Å²) in [6, 6.07) is 8.92. The summed E-state index contributed by atoms with van der Waals surface area (Å²) < 4.78 is 5.41. The zero-order valence-corrected chi connectivity index (χ0v) is 16.9. The molecule has 150 valence electrons. The number of anilines is 1. The van der Waals surface area contributed by atoms with Crippen LogP contribution in [0, 0.1) is 0 Å². The van der Waals surface area contributed by atoms with Gasteiger partial charge in [0.1, 0.15) is 0 Å². The third-order valence-electron chi connectivity index (χ3n) is 6.03. The van der Waals surface area contributed by atoms with E-state index in [2.05, 4.69) is 44.3 Å². The molecule has 0 unspecified atom stereocenters. The first-order valence-electron chi connectivity index (χ1n) is 10.6. The van der Waals surface area contributed by atoms with Crippen LogP contribution >= 0.6 is 0 Å². The predicted octanol–water partition coefficient (Wildman–Crippen LogP) is 3.35. The fourth-order valence-corrected chi connectivity index (χ4v) is 4.17. The lowest BCUT2D eigenvalue weighted by molar-refractivity contribution is 0.0392. The average Bonchev–Trinajstić information content (AvgIpc) is 2.79. The minimum Gasteiger partial charge on any atom is -0.379 e. The molecule has 1 saturated heterocycles. The van der Waals surface area contributed by atoms with Crippen molar-refractivity contribution in [2.75, 3.05) is 51.3 Å². The summed E-state index contributed by atoms with van der Waals surface area (Å²) >= 11 is 0. The standard InChI is InChI=1S/C22H31N5O/c1-26(11-12-27-13-15-28-16-14-27)22-24-21(17-23-25-22)20-9-7-19(8-10-20)18-5-3-2-4-6-18/h7-10,17-18H,2-6,11-16H2,1H3. The highest BCUT2D eigenvalue weighted by Gasteiger charge is 2.16. The van der Waals surface area contributed by atoms with E-state index < -0.39 is 0 Å². The van der Waals surface area contributed by atoms with Crippen molar-refractivity contribution in [3.8, 4) is 11.3 Å². The Balaban J connectivity index is 1.39. The Kier molecular flexibility index (Phi) is 6.49. The fraction of sp³-hybridized carbons (Fsp3) is 0.591. The van der Waals surface area contributed by atoms with Gasteiger partial charge in [0.2, 0.25) is 5.95 Å². The Morgan fingerprint density at radius 3 is 2.57 bits per heavy atom. The topological polar surface area (TPSA) is 54.4 Å². The van der Waals surface area contributed by atoms with Crippen molar-refractivity contribution in [2.45, 2.75) is 38.0 Å². The number of morpholine rings is 1. The molecule has 0 N–H and O–H groups in total. The molecule has 0 amide bonds. The number of rotatable bonds is 6. The molecule has 0 bridgehead atoms. The molecule has 1 aromatic carbocycles. The zero-order valence-electron chi connectivity index (χ0n) is 16.9. The Hall–Kier alpha value is -2.05. The van der Waals surface area contributed by atoms with Crippen molar-refractivity contribution in [1.82, 2.24) is 20.1 Å². The Morgan fingerprint density at radius 2 is 1.82 bits per heavy atom. The highest BCUT2D eigenvalue weighted by atomic mass is 16.5. The molecule has 2 aromatic rings. The van der Waals surface area contributed by atoms with E-state index in [-0.39, 0.29) is 0 Å². The minimum atomic E-state index is 0.683. The van der Waals surface area contributed by atoms with Crippen LogP contribution in [-0.2, 0) is 4.74 Å². The number of ether oxygens (including phenoxy) is 1. The van der Waals surface area contributed by atoms with Gasteiger partial charge in [-0.1, -0.05) is 43.5 Å². The monoisotopic (exact) mass is 381 g/mol. The maximum Gasteiger partial charge on any atom is 0.245 e. The SMILES string of the molecule is CN(CCN1CCOCC1)c1nncc(-c2ccc(C3CCCCC3)cc2)n1. The second-order valence-electron chi connectivity index (χ2n) is 7.97. The van der Waals surface area contributed by atoms with E-state index in [9.17, 15) is 0 Å². The van der Waals surface area contributed by atoms with Crippen molar-refractivity contribution >= 4 is 5.95 Å². The molecule has 0 radical (unpaired) electrons. The Morgan fingerprint density at radius 1 is 1.07 bits per heavy atom. The van der Waals surface area contributed by atoms with Crippen molar-refractivity contribution in [3.63, 3.8) is 0 Å². The highest BCUT2D eigenvalue weighted by Crippen LogP contribution is 2.33. The molecule has 1 aliphatic carbocycles. The normalized spacial score (nSPS) is 18.9. The predicted molar refractivity (Wildman–Crippen MR) is 112 cm³/mol. The summed E-state index contributed by atoms with van der Waals surface area (Å²) in [7, 11) is 2.04. The van der Waals surface area contributed by atoms with Crippen LogP contribution in [0.1, 0.15) is 43.6 Å². The molecule has 28 heavy (non-hydrogen) atoms. The molecule has 1 aromatic heterocycles. The molecule has 0 spiro atoms. The second-order valence-corrected chi connectivity index (χ2v) is 7.97. The minimum absolute atomic E-state index is 0.683. The maximum absolute atomic E-state index is 5.41. The number of benzene rings is 1. The molecular formula is C22H31N5O. The lowest BCUT2D eigenvalue weighted by atomic mass is 9.84. The number of hydrogen-bond donors (Lipinski definition) is 0. The first-order valence-corrected chi connectivity index (χ1v) is 10.6. The van der Waals surface area contributed by atoms with Gasteiger partial charge in [-0.05, 0) is 24.3 Å². The molecule has 6 heteroatoms. The first-order chi connectivity index (χ1) is 13.8. The van der Waals surface area contributed by atoms with Crippen LogP contribution in [0.4, 0.5) is 5.95 Å². The summed E-state index contributed by atoms with van der Waals surface area (Å²) in [6.45, 7) is 5.53. The van der Waals surface area contributed by atoms with E-state index in [4.69, 9.17) is 9.72 Å². The van der Waals surface area contributed by atoms with Gasteiger partial charge in [-0.15, -0.1) is 5.10 Å². The van der Waals surface area contributed by atoms with Crippen molar-refractivity contribution < 1.29 is 4.74 Å². The van der Waals surface area contributed by atoms with Gasteiger partial charge in [-0.25, -0.2) is 4.98 Å². The molecule has 6 nitrogen and oxygen atoms in total. The van der Waals surface area contributed by atoms with E-state index >= 15 is 0 Å². The number of aromatic nitrogens is 3. The second kappa shape index (κ2) is 9.43. The van der Waals surface area contributed by atoms with Crippen molar-refractivity contribution in [1.29, 1.82) is 0 Å². The molecule has 2 aliphatic rings. The summed E-state index contributed by atoms with van der Waals surface area (Å²) in [6.07, 6.45) is 8.53. The van der Waals surface area contributed by atoms with Gasteiger partial charge in [0.05, 0.1) is 25.1 Å². The number of nitrogens with zero attached hydrogens (tertiary/aromatic N) is 5. The molecular weight excluding hydrogens is 350 g/mol. The summed E-state index contributed by atoms with van der Waals surface area (Å²) in [5, 5.41) is 8.44. The van der Waals surface area contributed by atoms with Crippen LogP contribution in [0.5, 0.6) is 0 Å². The lowest BCUT2D eigenvalue weighted by Crippen LogP contribution is -2.41. The quantitative estimate of drug-likeness (QED) is 0.765. The fourth-order valence-electron chi connectivity index (χ4n) is 4.17. The van der Waals surface area contributed by atoms with Gasteiger partial charge in [0, 0.05) is 38.8 Å². The largest absolute Gasteiger partial charge is 0.379 e. The summed E-state index contributed by atoms with van der Waals surface area (Å²) in [5.74, 6) is 1.41. The summed E-state index contributed by atoms with van der Waals surface area (Å²) in [5.41, 5.74) is 3.46. The Labute approximate surface area is 167 Å². The van der Waals surface area contributed by atoms with Crippen LogP contribution in [0.25, 0.3) is 11.3 Å². The van der Waals surface area contributed by atoms with Gasteiger partial charge in [0.25, 0.3) is 0 Å². The molecule has 4 rings (SSSR count). The van der Waals surface area contributed by atoms with E-state index in [0.717, 1.165) is 56.6 Å². The van der Waals surface area contributed by atoms with Crippen LogP contribution in [-0.4, -0.2) is 66.5 Å². The first kappa shape index (κ1) is 19.3. The third-order valence-corrected chi connectivity index (χ3v) is 6.03. The lowest BCUT2D eigenvalue weighted by Gasteiger charge is -2.28. The Bertz CT molecular complexity index is 739. The molecule has 2 fully saturated rings. The van der Waals surface area contributed by atoms with Crippen molar-refractivity contribution in [2.24, 2.45) is 0 Å². The smallest absolute Gasteiger partial charge is 0.245 e. The van der Waals surface area contributed by atoms with E-state index in [1.54, 1.807) is 6.20 Å². The third kappa shape index (κ3) is 4.86. The van der Waals surface area contributed by atoms with Gasteiger partial charge >= 0.3 is 0 Å². The number of hydrogen-bond acceptors (Lipinski definition) is 6. The van der Waals surface area contributed by atoms with E-state index in [1.165, 1.54) is 37.7 Å². The zero-order chi connectivity index (χ0) is 19.2. The molecule has 1 aliphatic heterocycles. The summed E-state index contributed by atoms with van der Waals surface area (Å²) in [4.78, 5) is 9.26. The van der Waals surface area contributed by atoms with E-state index in [0.29, 0.717) is 5.95 Å². The van der Waals surface area contributed by atoms with Gasteiger partial charge < -0.3 is 9.64 Å². The average molecular weight is 382 g/mol. The van der Waals surface area contributed by atoms with E-state index in [1.807, 2.05) is 7.05 Å². The van der Waals surface area contributed by atoms with Crippen LogP contribution < -0.4 is 4.90 Å². The number of likely N-dealkylation sites (N-methyl/N-ethyl adjacent to an activating group) is 1.